The van der Waals surface area contributed by atoms with E-state index in [-0.39, 0.29) is 5.75 Å². The third-order valence-electron chi connectivity index (χ3n) is 2.68. The molecule has 5 nitrogen and oxygen atoms in total. The first-order chi connectivity index (χ1) is 7.89. The monoisotopic (exact) mass is 265 g/mol. The lowest BCUT2D eigenvalue weighted by molar-refractivity contribution is 0.278. The molecule has 0 aromatic heterocycles. The average Bonchev–Trinajstić information content (AvgIpc) is 2.24. The molecule has 0 aromatic carbocycles. The fourth-order valence-electron chi connectivity index (χ4n) is 1.27. The Morgan fingerprint density at radius 1 is 1.24 bits per heavy atom. The van der Waals surface area contributed by atoms with Crippen LogP contribution in [0, 0.1) is 0 Å². The molecule has 0 bridgehead atoms. The fraction of sp³-hybridized carbons (Fsp3) is 1.00. The van der Waals surface area contributed by atoms with E-state index in [9.17, 15) is 8.42 Å². The summed E-state index contributed by atoms with van der Waals surface area (Å²) in [5.41, 5.74) is 0. The van der Waals surface area contributed by atoms with Crippen molar-refractivity contribution in [3.63, 3.8) is 0 Å². The Balaban J connectivity index is 3.71. The second-order valence-electron chi connectivity index (χ2n) is 4.49. The highest BCUT2D eigenvalue weighted by Crippen LogP contribution is 1.93. The molecule has 2 N–H and O–H groups in total. The highest BCUT2D eigenvalue weighted by Gasteiger charge is 2.10. The Morgan fingerprint density at radius 3 is 2.41 bits per heavy atom. The molecule has 0 saturated carbocycles. The van der Waals surface area contributed by atoms with E-state index in [1.807, 2.05) is 14.0 Å². The first-order valence-electron chi connectivity index (χ1n) is 6.27. The molecular formula is C11H27N3O2S. The van der Waals surface area contributed by atoms with E-state index in [1.54, 1.807) is 0 Å². The van der Waals surface area contributed by atoms with Crippen LogP contribution < -0.4 is 10.0 Å². The minimum absolute atomic E-state index is 0.200. The SMILES string of the molecule is CCNCCCS(=O)(=O)NCCN(C)C(C)C. The zero-order chi connectivity index (χ0) is 13.3. The minimum atomic E-state index is -3.10. The van der Waals surface area contributed by atoms with Crippen LogP contribution in [0.3, 0.4) is 0 Å². The topological polar surface area (TPSA) is 61.4 Å². The standard InChI is InChI=1S/C11H27N3O2S/c1-5-12-7-6-10-17(15,16)13-8-9-14(4)11(2)3/h11-13H,5-10H2,1-4H3. The molecule has 0 radical (unpaired) electrons. The molecule has 0 heterocycles. The summed E-state index contributed by atoms with van der Waals surface area (Å²) in [4.78, 5) is 2.11. The molecule has 0 spiro atoms. The lowest BCUT2D eigenvalue weighted by atomic mass is 10.3. The molecule has 17 heavy (non-hydrogen) atoms. The Morgan fingerprint density at radius 2 is 1.88 bits per heavy atom. The zero-order valence-electron chi connectivity index (χ0n) is 11.5. The highest BCUT2D eigenvalue weighted by atomic mass is 32.2. The number of hydrogen-bond donors (Lipinski definition) is 2. The Bertz CT molecular complexity index is 278. The van der Waals surface area contributed by atoms with Crippen LogP contribution in [0.25, 0.3) is 0 Å². The molecular weight excluding hydrogens is 238 g/mol. The number of nitrogens with one attached hydrogen (secondary N) is 2. The van der Waals surface area contributed by atoms with E-state index < -0.39 is 10.0 Å². The summed E-state index contributed by atoms with van der Waals surface area (Å²) >= 11 is 0. The van der Waals surface area contributed by atoms with Crippen LogP contribution >= 0.6 is 0 Å². The summed E-state index contributed by atoms with van der Waals surface area (Å²) in [6.45, 7) is 9.04. The van der Waals surface area contributed by atoms with Gasteiger partial charge in [-0.3, -0.25) is 0 Å². The van der Waals surface area contributed by atoms with Crippen molar-refractivity contribution in [2.75, 3.05) is 39.0 Å². The molecule has 0 unspecified atom stereocenters. The van der Waals surface area contributed by atoms with E-state index in [2.05, 4.69) is 28.8 Å². The van der Waals surface area contributed by atoms with Crippen LogP contribution in [0.4, 0.5) is 0 Å². The van der Waals surface area contributed by atoms with Crippen LogP contribution in [-0.2, 0) is 10.0 Å². The van der Waals surface area contributed by atoms with Crippen molar-refractivity contribution in [3.05, 3.63) is 0 Å². The van der Waals surface area contributed by atoms with Gasteiger partial charge in [-0.1, -0.05) is 6.92 Å². The van der Waals surface area contributed by atoms with Gasteiger partial charge in [-0.25, -0.2) is 13.1 Å². The van der Waals surface area contributed by atoms with Gasteiger partial charge in [0.25, 0.3) is 0 Å². The van der Waals surface area contributed by atoms with Gasteiger partial charge < -0.3 is 10.2 Å². The number of hydrogen-bond acceptors (Lipinski definition) is 4. The van der Waals surface area contributed by atoms with Gasteiger partial charge in [-0.2, -0.15) is 0 Å². The van der Waals surface area contributed by atoms with Crippen molar-refractivity contribution >= 4 is 10.0 Å². The van der Waals surface area contributed by atoms with Crippen molar-refractivity contribution in [3.8, 4) is 0 Å². The second kappa shape index (κ2) is 8.85. The molecule has 6 heteroatoms. The lowest BCUT2D eigenvalue weighted by Gasteiger charge is -2.20. The van der Waals surface area contributed by atoms with E-state index in [4.69, 9.17) is 0 Å². The summed E-state index contributed by atoms with van der Waals surface area (Å²) in [7, 11) is -1.11. The first kappa shape index (κ1) is 16.8. The first-order valence-corrected chi connectivity index (χ1v) is 7.92. The summed E-state index contributed by atoms with van der Waals surface area (Å²) in [6.07, 6.45) is 0.656. The van der Waals surface area contributed by atoms with Gasteiger partial charge in [-0.15, -0.1) is 0 Å². The van der Waals surface area contributed by atoms with Gasteiger partial charge in [0, 0.05) is 19.1 Å². The Hall–Kier alpha value is -0.170. The van der Waals surface area contributed by atoms with Crippen molar-refractivity contribution in [2.45, 2.75) is 33.2 Å². The highest BCUT2D eigenvalue weighted by molar-refractivity contribution is 7.89. The zero-order valence-corrected chi connectivity index (χ0v) is 12.3. The van der Waals surface area contributed by atoms with Crippen molar-refractivity contribution in [1.29, 1.82) is 0 Å². The van der Waals surface area contributed by atoms with Crippen molar-refractivity contribution in [1.82, 2.24) is 14.9 Å². The molecule has 0 aliphatic carbocycles. The van der Waals surface area contributed by atoms with E-state index in [1.165, 1.54) is 0 Å². The number of sulfonamides is 1. The van der Waals surface area contributed by atoms with E-state index in [0.29, 0.717) is 19.0 Å². The molecule has 0 fully saturated rings. The molecule has 0 aliphatic heterocycles. The minimum Gasteiger partial charge on any atom is -0.317 e. The quantitative estimate of drug-likeness (QED) is 0.556. The largest absolute Gasteiger partial charge is 0.317 e. The number of rotatable bonds is 10. The molecule has 0 atom stereocenters. The maximum Gasteiger partial charge on any atom is 0.211 e. The van der Waals surface area contributed by atoms with Crippen molar-refractivity contribution < 1.29 is 8.42 Å². The van der Waals surface area contributed by atoms with Gasteiger partial charge in [0.15, 0.2) is 0 Å². The average molecular weight is 265 g/mol. The van der Waals surface area contributed by atoms with Gasteiger partial charge >= 0.3 is 0 Å². The summed E-state index contributed by atoms with van der Waals surface area (Å²) in [5.74, 6) is 0.200. The normalized spacial score (nSPS) is 12.6. The van der Waals surface area contributed by atoms with Crippen LogP contribution in [0.15, 0.2) is 0 Å². The maximum absolute atomic E-state index is 11.6. The molecule has 0 saturated heterocycles. The second-order valence-corrected chi connectivity index (χ2v) is 6.42. The van der Waals surface area contributed by atoms with Crippen LogP contribution in [0.1, 0.15) is 27.2 Å². The smallest absolute Gasteiger partial charge is 0.211 e. The van der Waals surface area contributed by atoms with E-state index in [0.717, 1.165) is 19.6 Å². The van der Waals surface area contributed by atoms with Crippen LogP contribution in [-0.4, -0.2) is 58.3 Å². The summed E-state index contributed by atoms with van der Waals surface area (Å²) in [6, 6.07) is 0.438. The van der Waals surface area contributed by atoms with Gasteiger partial charge in [0.1, 0.15) is 0 Å². The van der Waals surface area contributed by atoms with Gasteiger partial charge in [0.2, 0.25) is 10.0 Å². The lowest BCUT2D eigenvalue weighted by Crippen LogP contribution is -2.37. The van der Waals surface area contributed by atoms with Gasteiger partial charge in [-0.05, 0) is 40.4 Å². The summed E-state index contributed by atoms with van der Waals surface area (Å²) in [5, 5.41) is 3.11. The van der Waals surface area contributed by atoms with Crippen LogP contribution in [0.2, 0.25) is 0 Å². The fourth-order valence-corrected chi connectivity index (χ4v) is 2.34. The molecule has 0 amide bonds. The maximum atomic E-state index is 11.6. The van der Waals surface area contributed by atoms with E-state index >= 15 is 0 Å². The Kier molecular flexibility index (Phi) is 8.77. The van der Waals surface area contributed by atoms with Gasteiger partial charge in [0.05, 0.1) is 5.75 Å². The molecule has 0 rings (SSSR count). The number of likely N-dealkylation sites (N-methyl/N-ethyl adjacent to an activating group) is 1. The predicted octanol–water partition coefficient (Wildman–Crippen LogP) is 0.246. The third kappa shape index (κ3) is 9.52. The predicted molar refractivity (Wildman–Crippen MR) is 72.7 cm³/mol. The Labute approximate surface area is 106 Å². The summed E-state index contributed by atoms with van der Waals surface area (Å²) < 4.78 is 25.8. The van der Waals surface area contributed by atoms with Crippen LogP contribution in [0.5, 0.6) is 0 Å². The number of nitrogens with zero attached hydrogens (tertiary/aromatic N) is 1. The molecule has 0 aliphatic rings. The van der Waals surface area contributed by atoms with Crippen molar-refractivity contribution in [2.24, 2.45) is 0 Å². The molecule has 0 aromatic rings. The molecule has 104 valence electrons. The third-order valence-corrected chi connectivity index (χ3v) is 4.15.